The van der Waals surface area contributed by atoms with Crippen LogP contribution in [-0.2, 0) is 4.79 Å². The number of phenols is 1. The summed E-state index contributed by atoms with van der Waals surface area (Å²) in [7, 11) is 0. The Kier molecular flexibility index (Phi) is 4.15. The van der Waals surface area contributed by atoms with Gasteiger partial charge in [-0.2, -0.15) is 0 Å². The summed E-state index contributed by atoms with van der Waals surface area (Å²) in [6, 6.07) is 4.23. The van der Waals surface area contributed by atoms with Gasteiger partial charge in [-0.15, -0.1) is 0 Å². The van der Waals surface area contributed by atoms with Crippen LogP contribution in [0.25, 0.3) is 0 Å². The first kappa shape index (κ1) is 11.8. The maximum atomic E-state index is 11.0. The Hall–Kier alpha value is -2.23. The topological polar surface area (TPSA) is 55.8 Å². The maximum Gasteiger partial charge on any atom is 0.335 e. The number of hydrogen-bond donors (Lipinski definition) is 1. The molecule has 0 aromatic heterocycles. The van der Waals surface area contributed by atoms with E-state index in [1.165, 1.54) is 18.2 Å². The van der Waals surface area contributed by atoms with Crippen LogP contribution in [-0.4, -0.2) is 17.7 Å². The zero-order valence-corrected chi connectivity index (χ0v) is 8.68. The van der Waals surface area contributed by atoms with Gasteiger partial charge in [0, 0.05) is 12.1 Å². The fourth-order valence-electron chi connectivity index (χ4n) is 0.995. The van der Waals surface area contributed by atoms with E-state index < -0.39 is 5.97 Å². The highest BCUT2D eigenvalue weighted by molar-refractivity contribution is 5.83. The van der Waals surface area contributed by atoms with Gasteiger partial charge in [0.05, 0.1) is 0 Å². The molecule has 0 aliphatic carbocycles. The van der Waals surface area contributed by atoms with Gasteiger partial charge in [-0.05, 0) is 12.1 Å². The smallest absolute Gasteiger partial charge is 0.335 e. The quantitative estimate of drug-likeness (QED) is 0.357. The van der Waals surface area contributed by atoms with Crippen molar-refractivity contribution >= 4 is 5.97 Å². The SMILES string of the molecule is C=CCOc1ccc(O)cc1OC(=O)C=C. The molecule has 0 radical (unpaired) electrons. The Morgan fingerprint density at radius 1 is 1.38 bits per heavy atom. The first-order valence-electron chi connectivity index (χ1n) is 4.58. The van der Waals surface area contributed by atoms with Gasteiger partial charge in [-0.1, -0.05) is 19.2 Å². The summed E-state index contributed by atoms with van der Waals surface area (Å²) in [6.07, 6.45) is 2.59. The third-order valence-corrected chi connectivity index (χ3v) is 1.66. The minimum atomic E-state index is -0.617. The summed E-state index contributed by atoms with van der Waals surface area (Å²) >= 11 is 0. The Morgan fingerprint density at radius 2 is 2.12 bits per heavy atom. The number of benzene rings is 1. The van der Waals surface area contributed by atoms with E-state index in [1.54, 1.807) is 6.08 Å². The molecule has 1 N–H and O–H groups in total. The minimum absolute atomic E-state index is 0.0159. The first-order chi connectivity index (χ1) is 7.67. The molecular formula is C12H12O4. The molecule has 0 spiro atoms. The third kappa shape index (κ3) is 3.16. The standard InChI is InChI=1S/C12H12O4/c1-3-7-15-10-6-5-9(13)8-11(10)16-12(14)4-2/h3-6,8,13H,1-2,7H2. The Labute approximate surface area is 93.4 Å². The second-order valence-corrected chi connectivity index (χ2v) is 2.86. The van der Waals surface area contributed by atoms with Gasteiger partial charge in [-0.25, -0.2) is 4.79 Å². The molecule has 0 unspecified atom stereocenters. The van der Waals surface area contributed by atoms with E-state index >= 15 is 0 Å². The molecule has 84 valence electrons. The number of aromatic hydroxyl groups is 1. The number of rotatable bonds is 5. The van der Waals surface area contributed by atoms with Gasteiger partial charge >= 0.3 is 5.97 Å². The highest BCUT2D eigenvalue weighted by Crippen LogP contribution is 2.31. The van der Waals surface area contributed by atoms with E-state index in [2.05, 4.69) is 13.2 Å². The van der Waals surface area contributed by atoms with E-state index in [1.807, 2.05) is 0 Å². The Bertz CT molecular complexity index is 409. The monoisotopic (exact) mass is 220 g/mol. The molecule has 16 heavy (non-hydrogen) atoms. The van der Waals surface area contributed by atoms with Crippen molar-refractivity contribution in [2.75, 3.05) is 6.61 Å². The average molecular weight is 220 g/mol. The van der Waals surface area contributed by atoms with E-state index in [9.17, 15) is 9.90 Å². The molecule has 1 aromatic rings. The Morgan fingerprint density at radius 3 is 2.75 bits per heavy atom. The van der Waals surface area contributed by atoms with Crippen molar-refractivity contribution in [3.8, 4) is 17.2 Å². The number of hydrogen-bond acceptors (Lipinski definition) is 4. The molecular weight excluding hydrogens is 208 g/mol. The van der Waals surface area contributed by atoms with Gasteiger partial charge in [0.2, 0.25) is 0 Å². The second kappa shape index (κ2) is 5.60. The zero-order chi connectivity index (χ0) is 12.0. The molecule has 1 rings (SSSR count). The molecule has 0 aliphatic heterocycles. The van der Waals surface area contributed by atoms with Crippen molar-refractivity contribution in [1.82, 2.24) is 0 Å². The molecule has 4 heteroatoms. The molecule has 0 atom stereocenters. The minimum Gasteiger partial charge on any atom is -0.508 e. The first-order valence-corrected chi connectivity index (χ1v) is 4.58. The van der Waals surface area contributed by atoms with E-state index in [4.69, 9.17) is 9.47 Å². The van der Waals surface area contributed by atoms with Crippen molar-refractivity contribution in [2.24, 2.45) is 0 Å². The predicted molar refractivity (Wildman–Crippen MR) is 59.6 cm³/mol. The molecule has 0 saturated carbocycles. The van der Waals surface area contributed by atoms with Gasteiger partial charge in [0.1, 0.15) is 12.4 Å². The number of carbonyl (C=O) groups excluding carboxylic acids is 1. The molecule has 0 fully saturated rings. The number of phenolic OH excluding ortho intramolecular Hbond substituents is 1. The van der Waals surface area contributed by atoms with Crippen LogP contribution in [0.15, 0.2) is 43.5 Å². The predicted octanol–water partition coefficient (Wildman–Crippen LogP) is 2.05. The lowest BCUT2D eigenvalue weighted by Crippen LogP contribution is -2.05. The van der Waals surface area contributed by atoms with Gasteiger partial charge < -0.3 is 14.6 Å². The summed E-state index contributed by atoms with van der Waals surface area (Å²) in [5.41, 5.74) is 0. The zero-order valence-electron chi connectivity index (χ0n) is 8.68. The van der Waals surface area contributed by atoms with Crippen LogP contribution in [0.2, 0.25) is 0 Å². The van der Waals surface area contributed by atoms with E-state index in [0.717, 1.165) is 6.08 Å². The fraction of sp³-hybridized carbons (Fsp3) is 0.0833. The fourth-order valence-corrected chi connectivity index (χ4v) is 0.995. The highest BCUT2D eigenvalue weighted by Gasteiger charge is 2.09. The van der Waals surface area contributed by atoms with Crippen LogP contribution in [0.5, 0.6) is 17.2 Å². The molecule has 0 bridgehead atoms. The Balaban J connectivity index is 2.92. The van der Waals surface area contributed by atoms with E-state index in [0.29, 0.717) is 5.75 Å². The summed E-state index contributed by atoms with van der Waals surface area (Å²) in [5.74, 6) is -0.133. The van der Waals surface area contributed by atoms with Crippen molar-refractivity contribution < 1.29 is 19.4 Å². The number of ether oxygens (including phenoxy) is 2. The van der Waals surface area contributed by atoms with E-state index in [-0.39, 0.29) is 18.1 Å². The van der Waals surface area contributed by atoms with Crippen LogP contribution in [0, 0.1) is 0 Å². The van der Waals surface area contributed by atoms with Crippen LogP contribution >= 0.6 is 0 Å². The van der Waals surface area contributed by atoms with Crippen molar-refractivity contribution in [3.63, 3.8) is 0 Å². The molecule has 0 heterocycles. The van der Waals surface area contributed by atoms with Crippen LogP contribution < -0.4 is 9.47 Å². The third-order valence-electron chi connectivity index (χ3n) is 1.66. The largest absolute Gasteiger partial charge is 0.508 e. The van der Waals surface area contributed by atoms with Crippen LogP contribution in [0.1, 0.15) is 0 Å². The van der Waals surface area contributed by atoms with Gasteiger partial charge in [-0.3, -0.25) is 0 Å². The molecule has 0 amide bonds. The lowest BCUT2D eigenvalue weighted by Gasteiger charge is -2.09. The number of esters is 1. The lowest BCUT2D eigenvalue weighted by molar-refractivity contribution is -0.129. The number of carbonyl (C=O) groups is 1. The van der Waals surface area contributed by atoms with Gasteiger partial charge in [0.25, 0.3) is 0 Å². The summed E-state index contributed by atoms with van der Waals surface area (Å²) in [4.78, 5) is 11.0. The highest BCUT2D eigenvalue weighted by atomic mass is 16.6. The summed E-state index contributed by atoms with van der Waals surface area (Å²) in [6.45, 7) is 7.06. The molecule has 0 saturated heterocycles. The van der Waals surface area contributed by atoms with Crippen molar-refractivity contribution in [3.05, 3.63) is 43.5 Å². The van der Waals surface area contributed by atoms with Crippen LogP contribution in [0.3, 0.4) is 0 Å². The molecule has 0 aliphatic rings. The van der Waals surface area contributed by atoms with Crippen molar-refractivity contribution in [1.29, 1.82) is 0 Å². The second-order valence-electron chi connectivity index (χ2n) is 2.86. The summed E-state index contributed by atoms with van der Waals surface area (Å²) < 4.78 is 10.1. The molecule has 1 aromatic carbocycles. The average Bonchev–Trinajstić information content (AvgIpc) is 2.28. The van der Waals surface area contributed by atoms with Crippen molar-refractivity contribution in [2.45, 2.75) is 0 Å². The van der Waals surface area contributed by atoms with Crippen LogP contribution in [0.4, 0.5) is 0 Å². The lowest BCUT2D eigenvalue weighted by atomic mass is 10.3. The van der Waals surface area contributed by atoms with Gasteiger partial charge in [0.15, 0.2) is 11.5 Å². The maximum absolute atomic E-state index is 11.0. The summed E-state index contributed by atoms with van der Waals surface area (Å²) in [5, 5.41) is 9.26. The normalized spacial score (nSPS) is 9.25. The molecule has 4 nitrogen and oxygen atoms in total.